The molecule has 132 valence electrons. The Morgan fingerprint density at radius 2 is 2.21 bits per heavy atom. The maximum atomic E-state index is 12.5. The third-order valence-electron chi connectivity index (χ3n) is 5.18. The second-order valence-electron chi connectivity index (χ2n) is 7.15. The maximum Gasteiger partial charge on any atom is 0.225 e. The van der Waals surface area contributed by atoms with Crippen LogP contribution in [0.2, 0.25) is 0 Å². The number of nitrogens with one attached hydrogen (secondary N) is 1. The first-order valence-corrected chi connectivity index (χ1v) is 8.90. The number of carbonyl (C=O) groups excluding carboxylic acids is 1. The maximum absolute atomic E-state index is 12.5. The van der Waals surface area contributed by atoms with E-state index in [0.29, 0.717) is 6.54 Å². The van der Waals surface area contributed by atoms with Crippen LogP contribution in [0.15, 0.2) is 18.3 Å². The summed E-state index contributed by atoms with van der Waals surface area (Å²) in [6, 6.07) is 4.04. The Bertz CT molecular complexity index is 553. The molecule has 3 N–H and O–H groups in total. The summed E-state index contributed by atoms with van der Waals surface area (Å²) in [7, 11) is 0. The molecule has 3 rings (SSSR count). The molecule has 1 aliphatic carbocycles. The quantitative estimate of drug-likeness (QED) is 0.872. The number of hydrogen-bond acceptors (Lipinski definition) is 5. The van der Waals surface area contributed by atoms with E-state index >= 15 is 0 Å². The summed E-state index contributed by atoms with van der Waals surface area (Å²) < 4.78 is 5.36. The Balaban J connectivity index is 1.53. The smallest absolute Gasteiger partial charge is 0.225 e. The van der Waals surface area contributed by atoms with Crippen molar-refractivity contribution in [1.82, 2.24) is 10.3 Å². The van der Waals surface area contributed by atoms with Gasteiger partial charge >= 0.3 is 0 Å². The number of rotatable bonds is 4. The van der Waals surface area contributed by atoms with Crippen molar-refractivity contribution in [3.63, 3.8) is 0 Å². The second kappa shape index (κ2) is 7.49. The van der Waals surface area contributed by atoms with E-state index in [1.807, 2.05) is 25.3 Å². The van der Waals surface area contributed by atoms with Crippen molar-refractivity contribution in [2.24, 2.45) is 11.7 Å². The lowest BCUT2D eigenvalue weighted by Crippen LogP contribution is -2.52. The fourth-order valence-electron chi connectivity index (χ4n) is 3.60. The van der Waals surface area contributed by atoms with Crippen LogP contribution >= 0.6 is 0 Å². The highest BCUT2D eigenvalue weighted by Gasteiger charge is 2.37. The van der Waals surface area contributed by atoms with Gasteiger partial charge < -0.3 is 20.7 Å². The SMILES string of the molecule is CC1(N)CCCCC1C(=O)NCc1ccc(N2CCOCC2)nc1. The number of aromatic nitrogens is 1. The predicted molar refractivity (Wildman–Crippen MR) is 93.7 cm³/mol. The molecule has 2 fully saturated rings. The number of carbonyl (C=O) groups is 1. The van der Waals surface area contributed by atoms with E-state index in [9.17, 15) is 4.79 Å². The molecule has 0 aromatic carbocycles. The van der Waals surface area contributed by atoms with E-state index in [0.717, 1.165) is 63.4 Å². The minimum Gasteiger partial charge on any atom is -0.378 e. The number of anilines is 1. The molecular weight excluding hydrogens is 304 g/mol. The van der Waals surface area contributed by atoms with Gasteiger partial charge in [0.1, 0.15) is 5.82 Å². The third kappa shape index (κ3) is 4.05. The summed E-state index contributed by atoms with van der Waals surface area (Å²) in [5, 5.41) is 3.03. The van der Waals surface area contributed by atoms with Crippen LogP contribution in [0.25, 0.3) is 0 Å². The zero-order valence-electron chi connectivity index (χ0n) is 14.5. The highest BCUT2D eigenvalue weighted by atomic mass is 16.5. The predicted octanol–water partition coefficient (Wildman–Crippen LogP) is 1.44. The molecular formula is C18H28N4O2. The van der Waals surface area contributed by atoms with E-state index < -0.39 is 0 Å². The Kier molecular flexibility index (Phi) is 5.36. The summed E-state index contributed by atoms with van der Waals surface area (Å²) in [6.45, 7) is 5.74. The molecule has 1 amide bonds. The number of nitrogens with zero attached hydrogens (tertiary/aromatic N) is 2. The van der Waals surface area contributed by atoms with E-state index in [1.54, 1.807) is 0 Å². The largest absolute Gasteiger partial charge is 0.378 e. The molecule has 6 nitrogen and oxygen atoms in total. The van der Waals surface area contributed by atoms with Crippen LogP contribution in [-0.2, 0) is 16.1 Å². The highest BCUT2D eigenvalue weighted by molar-refractivity contribution is 5.80. The summed E-state index contributed by atoms with van der Waals surface area (Å²) in [4.78, 5) is 19.2. The Hall–Kier alpha value is -1.66. The zero-order chi connectivity index (χ0) is 17.0. The third-order valence-corrected chi connectivity index (χ3v) is 5.18. The molecule has 1 saturated carbocycles. The Labute approximate surface area is 143 Å². The number of hydrogen-bond donors (Lipinski definition) is 2. The second-order valence-corrected chi connectivity index (χ2v) is 7.15. The van der Waals surface area contributed by atoms with Gasteiger partial charge in [-0.05, 0) is 31.4 Å². The minimum atomic E-state index is -0.388. The van der Waals surface area contributed by atoms with Crippen molar-refractivity contribution in [3.8, 4) is 0 Å². The summed E-state index contributed by atoms with van der Waals surface area (Å²) in [5.74, 6) is 0.943. The van der Waals surface area contributed by atoms with Crippen LogP contribution in [0.1, 0.15) is 38.2 Å². The fraction of sp³-hybridized carbons (Fsp3) is 0.667. The van der Waals surface area contributed by atoms with Crippen molar-refractivity contribution >= 4 is 11.7 Å². The molecule has 6 heteroatoms. The number of morpholine rings is 1. The molecule has 1 aliphatic heterocycles. The number of amides is 1. The van der Waals surface area contributed by atoms with Gasteiger partial charge in [0.2, 0.25) is 5.91 Å². The van der Waals surface area contributed by atoms with Gasteiger partial charge in [-0.25, -0.2) is 4.98 Å². The van der Waals surface area contributed by atoms with Crippen LogP contribution in [-0.4, -0.2) is 42.7 Å². The first-order valence-electron chi connectivity index (χ1n) is 8.90. The first-order chi connectivity index (χ1) is 11.6. The normalized spacial score (nSPS) is 27.8. The molecule has 1 saturated heterocycles. The lowest BCUT2D eigenvalue weighted by Gasteiger charge is -2.37. The highest BCUT2D eigenvalue weighted by Crippen LogP contribution is 2.31. The van der Waals surface area contributed by atoms with Crippen molar-refractivity contribution in [3.05, 3.63) is 23.9 Å². The monoisotopic (exact) mass is 332 g/mol. The van der Waals surface area contributed by atoms with Gasteiger partial charge in [0.25, 0.3) is 0 Å². The van der Waals surface area contributed by atoms with Crippen LogP contribution in [0.3, 0.4) is 0 Å². The van der Waals surface area contributed by atoms with Crippen molar-refractivity contribution in [2.75, 3.05) is 31.2 Å². The van der Waals surface area contributed by atoms with Crippen molar-refractivity contribution in [2.45, 2.75) is 44.7 Å². The van der Waals surface area contributed by atoms with Gasteiger partial charge in [-0.15, -0.1) is 0 Å². The van der Waals surface area contributed by atoms with Gasteiger partial charge in [-0.3, -0.25) is 4.79 Å². The molecule has 2 heterocycles. The average molecular weight is 332 g/mol. The van der Waals surface area contributed by atoms with Gasteiger partial charge in [0.15, 0.2) is 0 Å². The van der Waals surface area contributed by atoms with Crippen molar-refractivity contribution in [1.29, 1.82) is 0 Å². The topological polar surface area (TPSA) is 80.5 Å². The minimum absolute atomic E-state index is 0.0666. The molecule has 2 unspecified atom stereocenters. The first kappa shape index (κ1) is 17.2. The molecule has 2 aliphatic rings. The fourth-order valence-corrected chi connectivity index (χ4v) is 3.60. The number of nitrogens with two attached hydrogens (primary N) is 1. The number of pyridine rings is 1. The number of ether oxygens (including phenoxy) is 1. The Morgan fingerprint density at radius 1 is 1.42 bits per heavy atom. The lowest BCUT2D eigenvalue weighted by atomic mass is 9.74. The molecule has 0 spiro atoms. The lowest BCUT2D eigenvalue weighted by molar-refractivity contribution is -0.128. The molecule has 2 atom stereocenters. The zero-order valence-corrected chi connectivity index (χ0v) is 14.5. The summed E-state index contributed by atoms with van der Waals surface area (Å²) in [6.07, 6.45) is 5.84. The summed E-state index contributed by atoms with van der Waals surface area (Å²) >= 11 is 0. The average Bonchev–Trinajstić information content (AvgIpc) is 2.60. The van der Waals surface area contributed by atoms with E-state index in [2.05, 4.69) is 15.2 Å². The van der Waals surface area contributed by atoms with Gasteiger partial charge in [0.05, 0.1) is 19.1 Å². The van der Waals surface area contributed by atoms with Crippen LogP contribution in [0.4, 0.5) is 5.82 Å². The molecule has 0 bridgehead atoms. The van der Waals surface area contributed by atoms with Crippen LogP contribution in [0, 0.1) is 5.92 Å². The van der Waals surface area contributed by atoms with E-state index in [-0.39, 0.29) is 17.4 Å². The van der Waals surface area contributed by atoms with Gasteiger partial charge in [0, 0.05) is 31.4 Å². The van der Waals surface area contributed by atoms with Crippen LogP contribution in [0.5, 0.6) is 0 Å². The molecule has 1 aromatic rings. The van der Waals surface area contributed by atoms with Crippen molar-refractivity contribution < 1.29 is 9.53 Å². The molecule has 0 radical (unpaired) electrons. The molecule has 24 heavy (non-hydrogen) atoms. The molecule has 1 aromatic heterocycles. The van der Waals surface area contributed by atoms with Gasteiger partial charge in [-0.2, -0.15) is 0 Å². The Morgan fingerprint density at radius 3 is 2.88 bits per heavy atom. The van der Waals surface area contributed by atoms with E-state index in [4.69, 9.17) is 10.5 Å². The standard InChI is InChI=1S/C18H28N4O2/c1-18(19)7-3-2-4-15(18)17(23)21-13-14-5-6-16(20-12-14)22-8-10-24-11-9-22/h5-6,12,15H,2-4,7-11,13,19H2,1H3,(H,21,23). The van der Waals surface area contributed by atoms with Gasteiger partial charge in [-0.1, -0.05) is 18.9 Å². The summed E-state index contributed by atoms with van der Waals surface area (Å²) in [5.41, 5.74) is 6.93. The van der Waals surface area contributed by atoms with Crippen LogP contribution < -0.4 is 16.0 Å². The van der Waals surface area contributed by atoms with E-state index in [1.165, 1.54) is 0 Å².